The van der Waals surface area contributed by atoms with E-state index in [0.717, 1.165) is 5.56 Å². The van der Waals surface area contributed by atoms with E-state index in [9.17, 15) is 23.9 Å². The lowest BCUT2D eigenvalue weighted by Gasteiger charge is -2.49. The standard InChI is InChI=1S/C36H38Cl3FN4O7S/c1-19-12-24(38)30(25(39)13-19)49-10-11-50-32-41-16-27(52-32)22-14-21-17-43(34(48)51-35(2,3)4)18-26(44(21)33(46)47)28(22)31(45)42-36(8-9-36)15-20-6-5-7-23(37)29(20)40/h5-7,12-13,16,21,26H,8-11,14-15,17-18H2,1-4H3,(H,42,45)(H,46,47)/t21?,26-/m1/s1. The molecule has 0 radical (unpaired) electrons. The van der Waals surface area contributed by atoms with E-state index in [0.29, 0.717) is 49.8 Å². The Kier molecular flexibility index (Phi) is 10.9. The number of benzene rings is 2. The van der Waals surface area contributed by atoms with Crippen LogP contribution in [0.1, 0.15) is 56.0 Å². The van der Waals surface area contributed by atoms with Crippen LogP contribution in [0, 0.1) is 12.7 Å². The van der Waals surface area contributed by atoms with Gasteiger partial charge in [-0.2, -0.15) is 0 Å². The van der Waals surface area contributed by atoms with E-state index in [2.05, 4.69) is 10.3 Å². The zero-order chi connectivity index (χ0) is 37.5. The van der Waals surface area contributed by atoms with Crippen LogP contribution in [0.25, 0.3) is 5.57 Å². The molecule has 2 aliphatic heterocycles. The monoisotopic (exact) mass is 794 g/mol. The van der Waals surface area contributed by atoms with Gasteiger partial charge in [-0.1, -0.05) is 58.3 Å². The highest BCUT2D eigenvalue weighted by atomic mass is 35.5. The second-order valence-electron chi connectivity index (χ2n) is 14.2. The number of aromatic nitrogens is 1. The number of aryl methyl sites for hydroxylation is 1. The van der Waals surface area contributed by atoms with Gasteiger partial charge in [-0.05, 0) is 88.3 Å². The Bertz CT molecular complexity index is 1910. The fourth-order valence-electron chi connectivity index (χ4n) is 6.61. The maximum atomic E-state index is 14.9. The lowest BCUT2D eigenvalue weighted by Crippen LogP contribution is -2.65. The fourth-order valence-corrected chi connectivity index (χ4v) is 8.37. The quantitative estimate of drug-likeness (QED) is 0.198. The van der Waals surface area contributed by atoms with Gasteiger partial charge in [-0.3, -0.25) is 9.69 Å². The Labute approximate surface area is 319 Å². The molecule has 0 spiro atoms. The topological polar surface area (TPSA) is 131 Å². The van der Waals surface area contributed by atoms with Crippen molar-refractivity contribution in [1.29, 1.82) is 0 Å². The predicted molar refractivity (Wildman–Crippen MR) is 196 cm³/mol. The first-order chi connectivity index (χ1) is 24.5. The SMILES string of the molecule is Cc1cc(Cl)c(OCCOc2ncc(C3=C(C(=O)NC4(Cc5cccc(Cl)c5F)CC4)[C@H]4CN(C(=O)OC(C)(C)C)CC(C3)N4C(=O)O)s2)c(Cl)c1. The van der Waals surface area contributed by atoms with Crippen molar-refractivity contribution >= 4 is 69.8 Å². The van der Waals surface area contributed by atoms with Gasteiger partial charge in [0.05, 0.1) is 32.0 Å². The minimum absolute atomic E-state index is 0.0120. The summed E-state index contributed by atoms with van der Waals surface area (Å²) < 4.78 is 32.2. The molecule has 2 N–H and O–H groups in total. The number of carbonyl (C=O) groups is 3. The van der Waals surface area contributed by atoms with Gasteiger partial charge >= 0.3 is 12.2 Å². The van der Waals surface area contributed by atoms with Gasteiger partial charge in [0.1, 0.15) is 24.6 Å². The van der Waals surface area contributed by atoms with Crippen LogP contribution in [0.5, 0.6) is 10.9 Å². The molecule has 2 atom stereocenters. The average molecular weight is 796 g/mol. The molecule has 1 unspecified atom stereocenters. The molecular weight excluding hydrogens is 758 g/mol. The summed E-state index contributed by atoms with van der Waals surface area (Å²) in [6.07, 6.45) is 1.27. The largest absolute Gasteiger partial charge is 0.487 e. The first kappa shape index (κ1) is 38.0. The third kappa shape index (κ3) is 8.38. The van der Waals surface area contributed by atoms with E-state index in [1.165, 1.54) is 27.2 Å². The molecule has 1 aromatic heterocycles. The zero-order valence-corrected chi connectivity index (χ0v) is 32.0. The summed E-state index contributed by atoms with van der Waals surface area (Å²) >= 11 is 19.8. The molecule has 3 heterocycles. The molecule has 3 aromatic rings. The van der Waals surface area contributed by atoms with Crippen molar-refractivity contribution in [3.05, 3.63) is 79.0 Å². The molecule has 1 saturated carbocycles. The lowest BCUT2D eigenvalue weighted by molar-refractivity contribution is -0.119. The van der Waals surface area contributed by atoms with Crippen molar-refractivity contribution in [3.63, 3.8) is 0 Å². The number of hydrogen-bond acceptors (Lipinski definition) is 8. The van der Waals surface area contributed by atoms with Crippen LogP contribution in [-0.2, 0) is 16.0 Å². The number of ether oxygens (including phenoxy) is 3. The first-order valence-corrected chi connectivity index (χ1v) is 18.6. The number of halogens is 4. The van der Waals surface area contributed by atoms with Crippen LogP contribution in [0.15, 0.2) is 42.1 Å². The Morgan fingerprint density at radius 2 is 1.77 bits per heavy atom. The molecular formula is C36H38Cl3FN4O7S. The maximum absolute atomic E-state index is 14.9. The molecule has 11 nitrogen and oxygen atoms in total. The summed E-state index contributed by atoms with van der Waals surface area (Å²) in [4.78, 5) is 48.2. The van der Waals surface area contributed by atoms with Crippen LogP contribution in [-0.4, -0.2) is 87.5 Å². The van der Waals surface area contributed by atoms with E-state index in [4.69, 9.17) is 49.0 Å². The highest BCUT2D eigenvalue weighted by Gasteiger charge is 2.51. The van der Waals surface area contributed by atoms with Gasteiger partial charge in [-0.15, -0.1) is 0 Å². The van der Waals surface area contributed by atoms with Gasteiger partial charge in [0.15, 0.2) is 5.75 Å². The molecule has 3 aliphatic rings. The van der Waals surface area contributed by atoms with Crippen molar-refractivity contribution in [2.24, 2.45) is 0 Å². The molecule has 3 amide bonds. The molecule has 52 heavy (non-hydrogen) atoms. The van der Waals surface area contributed by atoms with Gasteiger partial charge < -0.3 is 29.5 Å². The van der Waals surface area contributed by atoms with Crippen LogP contribution in [0.3, 0.4) is 0 Å². The number of carboxylic acid groups (broad SMARTS) is 1. The van der Waals surface area contributed by atoms with E-state index in [1.54, 1.807) is 51.2 Å². The minimum Gasteiger partial charge on any atom is -0.487 e. The number of carbonyl (C=O) groups excluding carboxylic acids is 2. The van der Waals surface area contributed by atoms with Gasteiger partial charge in [0, 0.05) is 30.4 Å². The van der Waals surface area contributed by atoms with Crippen LogP contribution >= 0.6 is 46.1 Å². The Hall–Kier alpha value is -3.78. The number of thiazole rings is 1. The number of nitrogens with zero attached hydrogens (tertiary/aromatic N) is 3. The molecule has 1 saturated heterocycles. The fraction of sp³-hybridized carbons (Fsp3) is 0.444. The van der Waals surface area contributed by atoms with Crippen LogP contribution in [0.4, 0.5) is 14.0 Å². The molecule has 2 fully saturated rings. The number of amides is 3. The van der Waals surface area contributed by atoms with Gasteiger partial charge in [-0.25, -0.2) is 19.0 Å². The summed E-state index contributed by atoms with van der Waals surface area (Å²) in [5.74, 6) is -0.705. The van der Waals surface area contributed by atoms with E-state index >= 15 is 0 Å². The number of rotatable bonds is 10. The normalized spacial score (nSPS) is 19.3. The molecule has 16 heteroatoms. The van der Waals surface area contributed by atoms with Crippen LogP contribution < -0.4 is 14.8 Å². The Morgan fingerprint density at radius 1 is 1.08 bits per heavy atom. The zero-order valence-electron chi connectivity index (χ0n) is 28.9. The highest BCUT2D eigenvalue weighted by molar-refractivity contribution is 7.14. The molecule has 278 valence electrons. The first-order valence-electron chi connectivity index (χ1n) is 16.7. The van der Waals surface area contributed by atoms with Crippen molar-refractivity contribution in [2.75, 3.05) is 26.3 Å². The molecule has 2 bridgehead atoms. The predicted octanol–water partition coefficient (Wildman–Crippen LogP) is 8.03. The van der Waals surface area contributed by atoms with Crippen LogP contribution in [0.2, 0.25) is 15.1 Å². The highest BCUT2D eigenvalue weighted by Crippen LogP contribution is 2.44. The summed E-state index contributed by atoms with van der Waals surface area (Å²) in [5.41, 5.74) is 0.510. The van der Waals surface area contributed by atoms with Crippen molar-refractivity contribution < 1.29 is 38.1 Å². The Morgan fingerprint density at radius 3 is 2.42 bits per heavy atom. The van der Waals surface area contributed by atoms with Crippen molar-refractivity contribution in [1.82, 2.24) is 20.1 Å². The molecule has 2 aromatic carbocycles. The summed E-state index contributed by atoms with van der Waals surface area (Å²) in [7, 11) is 0. The summed E-state index contributed by atoms with van der Waals surface area (Å²) in [6, 6.07) is 6.55. The number of hydrogen-bond donors (Lipinski definition) is 2. The maximum Gasteiger partial charge on any atom is 0.410 e. The van der Waals surface area contributed by atoms with E-state index < -0.39 is 47.1 Å². The smallest absolute Gasteiger partial charge is 0.410 e. The lowest BCUT2D eigenvalue weighted by atomic mass is 9.84. The molecule has 6 rings (SSSR count). The number of piperazine rings is 1. The average Bonchev–Trinajstić information content (AvgIpc) is 3.62. The van der Waals surface area contributed by atoms with E-state index in [-0.39, 0.29) is 49.7 Å². The van der Waals surface area contributed by atoms with Gasteiger partial charge in [0.25, 0.3) is 5.19 Å². The summed E-state index contributed by atoms with van der Waals surface area (Å²) in [6.45, 7) is 7.31. The summed E-state index contributed by atoms with van der Waals surface area (Å²) in [5, 5.41) is 14.6. The second-order valence-corrected chi connectivity index (χ2v) is 16.4. The van der Waals surface area contributed by atoms with Crippen molar-refractivity contribution in [3.8, 4) is 10.9 Å². The van der Waals surface area contributed by atoms with Gasteiger partial charge in [0.2, 0.25) is 5.91 Å². The third-order valence-electron chi connectivity index (χ3n) is 9.04. The van der Waals surface area contributed by atoms with E-state index in [1.807, 2.05) is 6.92 Å². The van der Waals surface area contributed by atoms with Crippen molar-refractivity contribution in [2.45, 2.75) is 76.6 Å². The number of nitrogens with one attached hydrogen (secondary N) is 1. The Balaban J connectivity index is 1.28. The third-order valence-corrected chi connectivity index (χ3v) is 10.9. The molecule has 1 aliphatic carbocycles. The second kappa shape index (κ2) is 14.9. The minimum atomic E-state index is -1.22. The number of fused-ring (bicyclic) bond motifs is 2.